The highest BCUT2D eigenvalue weighted by Gasteiger charge is 2.24. The van der Waals surface area contributed by atoms with Crippen molar-refractivity contribution >= 4 is 29.1 Å². The number of piperazine rings is 1. The van der Waals surface area contributed by atoms with E-state index >= 15 is 0 Å². The number of nitrogens with zero attached hydrogens (tertiary/aromatic N) is 4. The summed E-state index contributed by atoms with van der Waals surface area (Å²) in [5.74, 6) is 1.26. The van der Waals surface area contributed by atoms with Gasteiger partial charge in [-0.3, -0.25) is 0 Å². The predicted molar refractivity (Wildman–Crippen MR) is 106 cm³/mol. The Morgan fingerprint density at radius 1 is 1.15 bits per heavy atom. The summed E-state index contributed by atoms with van der Waals surface area (Å²) in [5.41, 5.74) is 9.03. The minimum Gasteiger partial charge on any atom is -0.450 e. The Morgan fingerprint density at radius 3 is 2.48 bits per heavy atom. The molecule has 2 aromatic rings. The van der Waals surface area contributed by atoms with Crippen LogP contribution in [0, 0.1) is 0 Å². The molecular formula is C19H26N6O2. The van der Waals surface area contributed by atoms with E-state index in [9.17, 15) is 4.79 Å². The van der Waals surface area contributed by atoms with Crippen molar-refractivity contribution in [2.24, 2.45) is 0 Å². The molecule has 1 aliphatic heterocycles. The molecule has 0 spiro atoms. The summed E-state index contributed by atoms with van der Waals surface area (Å²) in [6.45, 7) is 6.74. The molecule has 3 rings (SSSR count). The van der Waals surface area contributed by atoms with Gasteiger partial charge < -0.3 is 25.6 Å². The van der Waals surface area contributed by atoms with Gasteiger partial charge in [-0.1, -0.05) is 19.1 Å². The van der Waals surface area contributed by atoms with Gasteiger partial charge in [0, 0.05) is 31.9 Å². The summed E-state index contributed by atoms with van der Waals surface area (Å²) in [7, 11) is 0. The number of hydrogen-bond acceptors (Lipinski definition) is 7. The van der Waals surface area contributed by atoms with Crippen LogP contribution >= 0.6 is 0 Å². The maximum absolute atomic E-state index is 11.8. The third-order valence-electron chi connectivity index (χ3n) is 4.59. The van der Waals surface area contributed by atoms with Crippen LogP contribution in [0.25, 0.3) is 0 Å². The highest BCUT2D eigenvalue weighted by molar-refractivity contribution is 5.78. The first-order valence-corrected chi connectivity index (χ1v) is 9.25. The lowest BCUT2D eigenvalue weighted by molar-refractivity contribution is 0.105. The number of benzene rings is 1. The summed E-state index contributed by atoms with van der Waals surface area (Å²) in [6, 6.07) is 8.18. The largest absolute Gasteiger partial charge is 0.450 e. The smallest absolute Gasteiger partial charge is 0.409 e. The fourth-order valence-corrected chi connectivity index (χ4v) is 3.01. The van der Waals surface area contributed by atoms with Gasteiger partial charge in [-0.05, 0) is 31.0 Å². The molecule has 1 saturated heterocycles. The van der Waals surface area contributed by atoms with Crippen LogP contribution in [0.1, 0.15) is 19.4 Å². The number of nitrogens with two attached hydrogens (primary N) is 1. The lowest BCUT2D eigenvalue weighted by atomic mass is 10.1. The fourth-order valence-electron chi connectivity index (χ4n) is 3.01. The molecule has 3 N–H and O–H groups in total. The minimum absolute atomic E-state index is 0.273. The first-order chi connectivity index (χ1) is 13.1. The average Bonchev–Trinajstić information content (AvgIpc) is 2.70. The van der Waals surface area contributed by atoms with E-state index in [0.29, 0.717) is 50.1 Å². The van der Waals surface area contributed by atoms with E-state index in [0.717, 1.165) is 12.1 Å². The number of amides is 1. The van der Waals surface area contributed by atoms with Crippen LogP contribution in [0.4, 0.5) is 27.8 Å². The minimum atomic E-state index is -0.273. The highest BCUT2D eigenvalue weighted by Crippen LogP contribution is 2.29. The number of nitrogens with one attached hydrogen (secondary N) is 1. The molecule has 2 heterocycles. The maximum Gasteiger partial charge on any atom is 0.409 e. The molecule has 27 heavy (non-hydrogen) atoms. The van der Waals surface area contributed by atoms with Crippen LogP contribution < -0.4 is 16.0 Å². The molecule has 1 amide bonds. The van der Waals surface area contributed by atoms with Gasteiger partial charge in [0.25, 0.3) is 0 Å². The molecule has 0 atom stereocenters. The molecule has 0 aliphatic carbocycles. The Balaban J connectivity index is 1.69. The molecular weight excluding hydrogens is 344 g/mol. The van der Waals surface area contributed by atoms with E-state index < -0.39 is 0 Å². The van der Waals surface area contributed by atoms with E-state index in [2.05, 4.69) is 39.2 Å². The molecule has 1 fully saturated rings. The molecule has 1 aliphatic rings. The van der Waals surface area contributed by atoms with Gasteiger partial charge in [0.1, 0.15) is 12.0 Å². The number of carbonyl (C=O) groups excluding carboxylic acids is 1. The Bertz CT molecular complexity index is 772. The zero-order chi connectivity index (χ0) is 19.2. The Hall–Kier alpha value is -3.03. The van der Waals surface area contributed by atoms with Crippen LogP contribution in [0.5, 0.6) is 0 Å². The van der Waals surface area contributed by atoms with E-state index in [1.807, 2.05) is 12.1 Å². The van der Waals surface area contributed by atoms with Crippen LogP contribution in [-0.2, 0) is 11.2 Å². The number of carbonyl (C=O) groups is 1. The monoisotopic (exact) mass is 370 g/mol. The molecule has 1 aromatic carbocycles. The van der Waals surface area contributed by atoms with Crippen molar-refractivity contribution in [1.82, 2.24) is 14.9 Å². The SMILES string of the molecule is CCOC(=O)N1CCN(c2ncnc(Nc3ccc(CC)cc3)c2N)CC1. The number of nitrogen functional groups attached to an aromatic ring is 1. The molecule has 1 aromatic heterocycles. The average molecular weight is 370 g/mol. The van der Waals surface area contributed by atoms with Gasteiger partial charge in [0.05, 0.1) is 6.61 Å². The molecule has 8 nitrogen and oxygen atoms in total. The van der Waals surface area contributed by atoms with Crippen LogP contribution in [0.2, 0.25) is 0 Å². The highest BCUT2D eigenvalue weighted by atomic mass is 16.6. The standard InChI is InChI=1S/C19H26N6O2/c1-3-14-5-7-15(8-6-14)23-17-16(20)18(22-13-21-17)24-9-11-25(12-10-24)19(26)27-4-2/h5-8,13H,3-4,9-12,20H2,1-2H3,(H,21,22,23). The van der Waals surface area contributed by atoms with Crippen molar-refractivity contribution in [3.05, 3.63) is 36.2 Å². The summed E-state index contributed by atoms with van der Waals surface area (Å²) in [4.78, 5) is 24.2. The van der Waals surface area contributed by atoms with Crippen LogP contribution in [0.15, 0.2) is 30.6 Å². The van der Waals surface area contributed by atoms with Gasteiger partial charge in [0.15, 0.2) is 11.6 Å². The summed E-state index contributed by atoms with van der Waals surface area (Å²) in [6.07, 6.45) is 2.23. The zero-order valence-corrected chi connectivity index (χ0v) is 15.8. The van der Waals surface area contributed by atoms with E-state index in [4.69, 9.17) is 10.5 Å². The Morgan fingerprint density at radius 2 is 1.85 bits per heavy atom. The van der Waals surface area contributed by atoms with E-state index in [-0.39, 0.29) is 6.09 Å². The van der Waals surface area contributed by atoms with Crippen molar-refractivity contribution in [3.63, 3.8) is 0 Å². The van der Waals surface area contributed by atoms with Gasteiger partial charge in [-0.15, -0.1) is 0 Å². The van der Waals surface area contributed by atoms with Gasteiger partial charge in [-0.2, -0.15) is 0 Å². The van der Waals surface area contributed by atoms with Crippen molar-refractivity contribution in [2.45, 2.75) is 20.3 Å². The molecule has 0 saturated carbocycles. The summed E-state index contributed by atoms with van der Waals surface area (Å²) >= 11 is 0. The number of aromatic nitrogens is 2. The van der Waals surface area contributed by atoms with E-state index in [1.54, 1.807) is 11.8 Å². The van der Waals surface area contributed by atoms with Gasteiger partial charge in [-0.25, -0.2) is 14.8 Å². The molecule has 144 valence electrons. The van der Waals surface area contributed by atoms with Crippen LogP contribution in [-0.4, -0.2) is 53.7 Å². The van der Waals surface area contributed by atoms with E-state index in [1.165, 1.54) is 11.9 Å². The predicted octanol–water partition coefficient (Wildman–Crippen LogP) is 2.64. The fraction of sp³-hybridized carbons (Fsp3) is 0.421. The first-order valence-electron chi connectivity index (χ1n) is 9.25. The number of hydrogen-bond donors (Lipinski definition) is 2. The topological polar surface area (TPSA) is 96.6 Å². The molecule has 0 radical (unpaired) electrons. The zero-order valence-electron chi connectivity index (χ0n) is 15.8. The lowest BCUT2D eigenvalue weighted by Gasteiger charge is -2.35. The Kier molecular flexibility index (Phi) is 5.95. The quantitative estimate of drug-likeness (QED) is 0.835. The second-order valence-corrected chi connectivity index (χ2v) is 6.31. The molecule has 0 bridgehead atoms. The van der Waals surface area contributed by atoms with Crippen molar-refractivity contribution in [1.29, 1.82) is 0 Å². The second-order valence-electron chi connectivity index (χ2n) is 6.31. The number of aryl methyl sites for hydroxylation is 1. The lowest BCUT2D eigenvalue weighted by Crippen LogP contribution is -2.49. The Labute approximate surface area is 159 Å². The van der Waals surface area contributed by atoms with Crippen molar-refractivity contribution in [3.8, 4) is 0 Å². The maximum atomic E-state index is 11.8. The first kappa shape index (κ1) is 18.8. The number of rotatable bonds is 5. The van der Waals surface area contributed by atoms with Gasteiger partial charge in [0.2, 0.25) is 0 Å². The third kappa shape index (κ3) is 4.39. The summed E-state index contributed by atoms with van der Waals surface area (Å²) in [5, 5.41) is 3.26. The van der Waals surface area contributed by atoms with Crippen molar-refractivity contribution < 1.29 is 9.53 Å². The van der Waals surface area contributed by atoms with Gasteiger partial charge >= 0.3 is 6.09 Å². The molecule has 0 unspecified atom stereocenters. The van der Waals surface area contributed by atoms with Crippen LogP contribution in [0.3, 0.4) is 0 Å². The second kappa shape index (κ2) is 8.57. The molecule has 8 heteroatoms. The number of ether oxygens (including phenoxy) is 1. The summed E-state index contributed by atoms with van der Waals surface area (Å²) < 4.78 is 5.06. The third-order valence-corrected chi connectivity index (χ3v) is 4.59. The number of anilines is 4. The normalized spacial score (nSPS) is 14.1. The van der Waals surface area contributed by atoms with Crippen molar-refractivity contribution in [2.75, 3.05) is 48.7 Å².